The SMILES string of the molecule is CCOc1ccc(NC(=O)C(C)C)cc1C(=O)C(C)c1ccccc1. The molecular weight excluding hydrogens is 314 g/mol. The quantitative estimate of drug-likeness (QED) is 0.746. The number of Topliss-reactive ketones (excluding diaryl/α,β-unsaturated/α-hetero) is 1. The van der Waals surface area contributed by atoms with Crippen molar-refractivity contribution in [1.29, 1.82) is 0 Å². The number of ether oxygens (including phenoxy) is 1. The standard InChI is InChI=1S/C21H25NO3/c1-5-25-19-12-11-17(22-21(24)14(2)3)13-18(19)20(23)15(4)16-9-7-6-8-10-16/h6-15H,5H2,1-4H3,(H,22,24). The van der Waals surface area contributed by atoms with Gasteiger partial charge in [0.1, 0.15) is 5.75 Å². The van der Waals surface area contributed by atoms with Crippen molar-refractivity contribution in [2.24, 2.45) is 5.92 Å². The summed E-state index contributed by atoms with van der Waals surface area (Å²) in [5.74, 6) is -0.00258. The van der Waals surface area contributed by atoms with Gasteiger partial charge in [-0.25, -0.2) is 0 Å². The van der Waals surface area contributed by atoms with E-state index in [0.29, 0.717) is 23.6 Å². The highest BCUT2D eigenvalue weighted by atomic mass is 16.5. The molecule has 2 aromatic carbocycles. The largest absolute Gasteiger partial charge is 0.493 e. The Labute approximate surface area is 149 Å². The zero-order chi connectivity index (χ0) is 18.4. The number of amides is 1. The zero-order valence-electron chi connectivity index (χ0n) is 15.2. The Hall–Kier alpha value is -2.62. The molecule has 0 heterocycles. The van der Waals surface area contributed by atoms with Crippen LogP contribution in [0.25, 0.3) is 0 Å². The van der Waals surface area contributed by atoms with Gasteiger partial charge in [-0.05, 0) is 30.7 Å². The normalized spacial score (nSPS) is 11.9. The third kappa shape index (κ3) is 4.69. The highest BCUT2D eigenvalue weighted by Crippen LogP contribution is 2.29. The van der Waals surface area contributed by atoms with Gasteiger partial charge >= 0.3 is 0 Å². The van der Waals surface area contributed by atoms with Gasteiger partial charge in [-0.15, -0.1) is 0 Å². The zero-order valence-corrected chi connectivity index (χ0v) is 15.2. The van der Waals surface area contributed by atoms with Crippen LogP contribution in [0, 0.1) is 5.92 Å². The molecule has 2 rings (SSSR count). The summed E-state index contributed by atoms with van der Waals surface area (Å²) in [4.78, 5) is 25.0. The van der Waals surface area contributed by atoms with Crippen LogP contribution >= 0.6 is 0 Å². The lowest BCUT2D eigenvalue weighted by molar-refractivity contribution is -0.118. The number of rotatable bonds is 7. The maximum Gasteiger partial charge on any atom is 0.226 e. The summed E-state index contributed by atoms with van der Waals surface area (Å²) < 4.78 is 5.62. The van der Waals surface area contributed by atoms with E-state index in [1.807, 2.05) is 58.0 Å². The molecule has 0 spiro atoms. The first kappa shape index (κ1) is 18.7. The van der Waals surface area contributed by atoms with Gasteiger partial charge in [-0.1, -0.05) is 51.1 Å². The Morgan fingerprint density at radius 3 is 2.32 bits per heavy atom. The van der Waals surface area contributed by atoms with Gasteiger partial charge in [-0.3, -0.25) is 9.59 Å². The van der Waals surface area contributed by atoms with E-state index in [2.05, 4.69) is 5.32 Å². The van der Waals surface area contributed by atoms with E-state index in [1.54, 1.807) is 18.2 Å². The third-order valence-electron chi connectivity index (χ3n) is 4.03. The number of nitrogens with one attached hydrogen (secondary N) is 1. The van der Waals surface area contributed by atoms with E-state index < -0.39 is 0 Å². The fourth-order valence-electron chi connectivity index (χ4n) is 2.49. The molecule has 4 nitrogen and oxygen atoms in total. The number of benzene rings is 2. The summed E-state index contributed by atoms with van der Waals surface area (Å²) >= 11 is 0. The Bertz CT molecular complexity index is 738. The third-order valence-corrected chi connectivity index (χ3v) is 4.03. The molecule has 0 saturated heterocycles. The first-order valence-corrected chi connectivity index (χ1v) is 8.60. The molecule has 1 unspecified atom stereocenters. The smallest absolute Gasteiger partial charge is 0.226 e. The van der Waals surface area contributed by atoms with Crippen LogP contribution in [0.4, 0.5) is 5.69 Å². The van der Waals surface area contributed by atoms with Crippen LogP contribution in [0.5, 0.6) is 5.75 Å². The van der Waals surface area contributed by atoms with Gasteiger partial charge in [0, 0.05) is 17.5 Å². The molecule has 1 atom stereocenters. The van der Waals surface area contributed by atoms with Crippen LogP contribution in [0.2, 0.25) is 0 Å². The van der Waals surface area contributed by atoms with E-state index >= 15 is 0 Å². The van der Waals surface area contributed by atoms with Crippen molar-refractivity contribution in [1.82, 2.24) is 0 Å². The molecule has 1 amide bonds. The fourth-order valence-corrected chi connectivity index (χ4v) is 2.49. The molecule has 0 bridgehead atoms. The number of ketones is 1. The second-order valence-corrected chi connectivity index (χ2v) is 6.28. The van der Waals surface area contributed by atoms with Gasteiger partial charge in [0.25, 0.3) is 0 Å². The summed E-state index contributed by atoms with van der Waals surface area (Å²) in [6.45, 7) is 7.88. The molecule has 4 heteroatoms. The number of hydrogen-bond donors (Lipinski definition) is 1. The van der Waals surface area contributed by atoms with Crippen LogP contribution < -0.4 is 10.1 Å². The Morgan fingerprint density at radius 2 is 1.72 bits per heavy atom. The molecule has 0 aliphatic rings. The Morgan fingerprint density at radius 1 is 1.04 bits per heavy atom. The monoisotopic (exact) mass is 339 g/mol. The Balaban J connectivity index is 2.35. The average molecular weight is 339 g/mol. The second-order valence-electron chi connectivity index (χ2n) is 6.28. The second kappa shape index (κ2) is 8.47. The molecule has 0 fully saturated rings. The van der Waals surface area contributed by atoms with Crippen molar-refractivity contribution in [2.75, 3.05) is 11.9 Å². The van der Waals surface area contributed by atoms with E-state index in [4.69, 9.17) is 4.74 Å². The van der Waals surface area contributed by atoms with Gasteiger partial charge in [-0.2, -0.15) is 0 Å². The molecule has 0 radical (unpaired) electrons. The molecule has 1 N–H and O–H groups in total. The molecular formula is C21H25NO3. The van der Waals surface area contributed by atoms with Crippen molar-refractivity contribution in [3.05, 3.63) is 59.7 Å². The fraction of sp³-hybridized carbons (Fsp3) is 0.333. The van der Waals surface area contributed by atoms with E-state index in [0.717, 1.165) is 5.56 Å². The molecule has 0 saturated carbocycles. The van der Waals surface area contributed by atoms with Crippen LogP contribution in [0.15, 0.2) is 48.5 Å². The van der Waals surface area contributed by atoms with Crippen molar-refractivity contribution in [3.63, 3.8) is 0 Å². The lowest BCUT2D eigenvalue weighted by atomic mass is 9.91. The van der Waals surface area contributed by atoms with Gasteiger partial charge in [0.05, 0.1) is 12.2 Å². The van der Waals surface area contributed by atoms with E-state index in [-0.39, 0.29) is 23.5 Å². The molecule has 25 heavy (non-hydrogen) atoms. The Kier molecular flexibility index (Phi) is 6.34. The highest BCUT2D eigenvalue weighted by Gasteiger charge is 2.21. The van der Waals surface area contributed by atoms with Gasteiger partial charge in [0.15, 0.2) is 5.78 Å². The van der Waals surface area contributed by atoms with Gasteiger partial charge < -0.3 is 10.1 Å². The average Bonchev–Trinajstić information content (AvgIpc) is 2.62. The predicted molar refractivity (Wildman–Crippen MR) is 100 cm³/mol. The summed E-state index contributed by atoms with van der Waals surface area (Å²) in [7, 11) is 0. The minimum absolute atomic E-state index is 0.0321. The minimum Gasteiger partial charge on any atom is -0.493 e. The molecule has 0 aliphatic carbocycles. The maximum atomic E-state index is 13.0. The van der Waals surface area contributed by atoms with E-state index in [9.17, 15) is 9.59 Å². The van der Waals surface area contributed by atoms with Crippen molar-refractivity contribution >= 4 is 17.4 Å². The summed E-state index contributed by atoms with van der Waals surface area (Å²) in [6, 6.07) is 14.8. The van der Waals surface area contributed by atoms with Crippen molar-refractivity contribution < 1.29 is 14.3 Å². The molecule has 2 aromatic rings. The van der Waals surface area contributed by atoms with Crippen LogP contribution in [0.3, 0.4) is 0 Å². The number of anilines is 1. The lowest BCUT2D eigenvalue weighted by Gasteiger charge is -2.16. The summed E-state index contributed by atoms with van der Waals surface area (Å²) in [5, 5.41) is 2.84. The predicted octanol–water partition coefficient (Wildman–Crippen LogP) is 4.67. The van der Waals surface area contributed by atoms with Crippen LogP contribution in [-0.4, -0.2) is 18.3 Å². The van der Waals surface area contributed by atoms with E-state index in [1.165, 1.54) is 0 Å². The lowest BCUT2D eigenvalue weighted by Crippen LogP contribution is -2.18. The molecule has 0 aromatic heterocycles. The van der Waals surface area contributed by atoms with Crippen LogP contribution in [-0.2, 0) is 4.79 Å². The highest BCUT2D eigenvalue weighted by molar-refractivity contribution is 6.04. The van der Waals surface area contributed by atoms with Crippen molar-refractivity contribution in [3.8, 4) is 5.75 Å². The van der Waals surface area contributed by atoms with Gasteiger partial charge in [0.2, 0.25) is 5.91 Å². The summed E-state index contributed by atoms with van der Waals surface area (Å²) in [6.07, 6.45) is 0. The minimum atomic E-state index is -0.295. The van der Waals surface area contributed by atoms with Crippen molar-refractivity contribution in [2.45, 2.75) is 33.6 Å². The number of hydrogen-bond acceptors (Lipinski definition) is 3. The molecule has 132 valence electrons. The first-order chi connectivity index (χ1) is 11.9. The number of carbonyl (C=O) groups is 2. The maximum absolute atomic E-state index is 13.0. The first-order valence-electron chi connectivity index (χ1n) is 8.60. The van der Waals surface area contributed by atoms with Crippen LogP contribution in [0.1, 0.15) is 49.5 Å². The summed E-state index contributed by atoms with van der Waals surface area (Å²) in [5.41, 5.74) is 2.04. The number of carbonyl (C=O) groups excluding carboxylic acids is 2. The topological polar surface area (TPSA) is 55.4 Å². The molecule has 0 aliphatic heterocycles.